The lowest BCUT2D eigenvalue weighted by Gasteiger charge is -2.36. The number of rotatable bonds is 4. The van der Waals surface area contributed by atoms with Crippen LogP contribution in [0.15, 0.2) is 30.3 Å². The summed E-state index contributed by atoms with van der Waals surface area (Å²) in [5.74, 6) is 0.627. The highest BCUT2D eigenvalue weighted by atomic mass is 35.5. The number of hydrogen-bond donors (Lipinski definition) is 1. The third kappa shape index (κ3) is 4.96. The summed E-state index contributed by atoms with van der Waals surface area (Å²) in [6.45, 7) is 8.79. The van der Waals surface area contributed by atoms with Gasteiger partial charge in [0.15, 0.2) is 0 Å². The van der Waals surface area contributed by atoms with E-state index in [0.717, 1.165) is 38.1 Å². The number of piperazine rings is 1. The van der Waals surface area contributed by atoms with Crippen molar-refractivity contribution in [2.45, 2.75) is 26.3 Å². The van der Waals surface area contributed by atoms with E-state index in [1.165, 1.54) is 10.9 Å². The van der Waals surface area contributed by atoms with Gasteiger partial charge in [-0.15, -0.1) is 24.8 Å². The second-order valence-corrected chi connectivity index (χ2v) is 6.85. The van der Waals surface area contributed by atoms with Crippen molar-refractivity contribution in [3.63, 3.8) is 0 Å². The summed E-state index contributed by atoms with van der Waals surface area (Å²) in [5, 5.41) is 5.26. The average molecular weight is 391 g/mol. The lowest BCUT2D eigenvalue weighted by molar-refractivity contribution is 0.154. The zero-order chi connectivity index (χ0) is 15.5. The highest BCUT2D eigenvalue weighted by molar-refractivity contribution is 6.30. The number of halogens is 3. The van der Waals surface area contributed by atoms with E-state index in [4.69, 9.17) is 11.6 Å². The Bertz CT molecular complexity index is 642. The van der Waals surface area contributed by atoms with Crippen LogP contribution in [-0.4, -0.2) is 36.1 Å². The summed E-state index contributed by atoms with van der Waals surface area (Å²) in [6, 6.07) is 10.8. The van der Waals surface area contributed by atoms with Crippen LogP contribution in [0.3, 0.4) is 0 Å². The van der Waals surface area contributed by atoms with E-state index >= 15 is 0 Å². The topological polar surface area (TPSA) is 28.2 Å². The van der Waals surface area contributed by atoms with Crippen molar-refractivity contribution in [2.75, 3.05) is 26.2 Å². The van der Waals surface area contributed by atoms with Crippen molar-refractivity contribution in [1.29, 1.82) is 0 Å². The zero-order valence-corrected chi connectivity index (χ0v) is 16.6. The number of fused-ring (bicyclic) bond motifs is 1. The number of benzene rings is 1. The normalized spacial score (nSPS) is 16.5. The van der Waals surface area contributed by atoms with Crippen LogP contribution < -0.4 is 5.32 Å². The van der Waals surface area contributed by atoms with Gasteiger partial charge in [-0.05, 0) is 24.5 Å². The molecule has 0 saturated carbocycles. The predicted molar refractivity (Wildman–Crippen MR) is 108 cm³/mol. The second-order valence-electron chi connectivity index (χ2n) is 6.49. The molecule has 1 atom stereocenters. The average Bonchev–Trinajstić information content (AvgIpc) is 2.53. The Morgan fingerprint density at radius 2 is 1.83 bits per heavy atom. The van der Waals surface area contributed by atoms with Crippen LogP contribution in [0.2, 0.25) is 5.15 Å². The fourth-order valence-corrected chi connectivity index (χ4v) is 3.53. The van der Waals surface area contributed by atoms with E-state index in [9.17, 15) is 0 Å². The van der Waals surface area contributed by atoms with Crippen molar-refractivity contribution in [2.24, 2.45) is 5.92 Å². The number of nitrogens with one attached hydrogen (secondary N) is 1. The smallest absolute Gasteiger partial charge is 0.134 e. The van der Waals surface area contributed by atoms with Crippen LogP contribution in [0.25, 0.3) is 10.9 Å². The van der Waals surface area contributed by atoms with Gasteiger partial charge in [-0.25, -0.2) is 4.98 Å². The molecule has 0 spiro atoms. The fraction of sp³-hybridized carbons (Fsp3) is 0.500. The van der Waals surface area contributed by atoms with Crippen LogP contribution in [-0.2, 0) is 0 Å². The van der Waals surface area contributed by atoms with Gasteiger partial charge < -0.3 is 5.32 Å². The van der Waals surface area contributed by atoms with Gasteiger partial charge in [0.1, 0.15) is 5.15 Å². The van der Waals surface area contributed by atoms with Crippen molar-refractivity contribution >= 4 is 47.3 Å². The molecule has 1 aliphatic heterocycles. The number of nitrogens with zero attached hydrogens (tertiary/aromatic N) is 2. The first-order valence-electron chi connectivity index (χ1n) is 8.15. The Kier molecular flexibility index (Phi) is 8.75. The largest absolute Gasteiger partial charge is 0.314 e. The van der Waals surface area contributed by atoms with Crippen molar-refractivity contribution in [3.05, 3.63) is 41.0 Å². The molecule has 3 rings (SSSR count). The maximum atomic E-state index is 6.55. The van der Waals surface area contributed by atoms with E-state index in [2.05, 4.69) is 47.2 Å². The summed E-state index contributed by atoms with van der Waals surface area (Å²) >= 11 is 6.55. The number of aromatic nitrogens is 1. The molecule has 1 saturated heterocycles. The number of hydrogen-bond acceptors (Lipinski definition) is 3. The van der Waals surface area contributed by atoms with Gasteiger partial charge in [0.2, 0.25) is 0 Å². The van der Waals surface area contributed by atoms with Gasteiger partial charge in [-0.2, -0.15) is 0 Å². The molecule has 2 aromatic rings. The van der Waals surface area contributed by atoms with E-state index < -0.39 is 0 Å². The van der Waals surface area contributed by atoms with Gasteiger partial charge in [0.25, 0.3) is 0 Å². The first-order valence-corrected chi connectivity index (χ1v) is 8.53. The standard InChI is InChI=1S/C18H24ClN3.2ClH/c1-13(2)11-17(22-9-7-20-8-10-22)15-12-14-5-3-4-6-16(14)21-18(15)19;;/h3-6,12-13,17,20H,7-11H2,1-2H3;2*1H/t17-;;/m1../s1. The molecular weight excluding hydrogens is 365 g/mol. The minimum absolute atomic E-state index is 0. The number of pyridine rings is 1. The monoisotopic (exact) mass is 389 g/mol. The molecule has 2 heterocycles. The number of para-hydroxylation sites is 1. The summed E-state index contributed by atoms with van der Waals surface area (Å²) < 4.78 is 0. The van der Waals surface area contributed by atoms with Crippen molar-refractivity contribution < 1.29 is 0 Å². The predicted octanol–water partition coefficient (Wildman–Crippen LogP) is 4.72. The summed E-state index contributed by atoms with van der Waals surface area (Å²) in [4.78, 5) is 7.17. The van der Waals surface area contributed by atoms with Crippen molar-refractivity contribution in [3.8, 4) is 0 Å². The van der Waals surface area contributed by atoms with Gasteiger partial charge in [-0.3, -0.25) is 4.90 Å². The Labute approximate surface area is 162 Å². The second kappa shape index (κ2) is 9.79. The molecular formula is C18H26Cl3N3. The molecule has 1 fully saturated rings. The molecule has 24 heavy (non-hydrogen) atoms. The lowest BCUT2D eigenvalue weighted by atomic mass is 9.95. The van der Waals surface area contributed by atoms with Gasteiger partial charge >= 0.3 is 0 Å². The third-order valence-electron chi connectivity index (χ3n) is 4.35. The molecule has 0 radical (unpaired) electrons. The molecule has 0 aliphatic carbocycles. The minimum Gasteiger partial charge on any atom is -0.314 e. The Balaban J connectivity index is 0.00000144. The maximum absolute atomic E-state index is 6.55. The molecule has 1 aromatic heterocycles. The van der Waals surface area contributed by atoms with Gasteiger partial charge in [0, 0.05) is 43.2 Å². The van der Waals surface area contributed by atoms with Crippen LogP contribution in [0.5, 0.6) is 0 Å². The van der Waals surface area contributed by atoms with Crippen LogP contribution in [0.1, 0.15) is 31.9 Å². The Morgan fingerprint density at radius 3 is 2.50 bits per heavy atom. The van der Waals surface area contributed by atoms with E-state index in [1.54, 1.807) is 0 Å². The molecule has 0 bridgehead atoms. The Hall–Kier alpha value is -0.580. The zero-order valence-electron chi connectivity index (χ0n) is 14.2. The van der Waals surface area contributed by atoms with E-state index in [0.29, 0.717) is 17.1 Å². The van der Waals surface area contributed by atoms with Crippen molar-refractivity contribution in [1.82, 2.24) is 15.2 Å². The highest BCUT2D eigenvalue weighted by Crippen LogP contribution is 2.34. The SMILES string of the molecule is CC(C)C[C@H](c1cc2ccccc2nc1Cl)N1CCNCC1.Cl.Cl. The van der Waals surface area contributed by atoms with Crippen LogP contribution >= 0.6 is 36.4 Å². The van der Waals surface area contributed by atoms with Gasteiger partial charge in [-0.1, -0.05) is 43.6 Å². The summed E-state index contributed by atoms with van der Waals surface area (Å²) in [6.07, 6.45) is 1.11. The first-order chi connectivity index (χ1) is 10.6. The molecule has 134 valence electrons. The molecule has 3 nitrogen and oxygen atoms in total. The first kappa shape index (κ1) is 21.5. The Morgan fingerprint density at radius 1 is 1.17 bits per heavy atom. The third-order valence-corrected chi connectivity index (χ3v) is 4.65. The van der Waals surface area contributed by atoms with Crippen LogP contribution in [0, 0.1) is 5.92 Å². The van der Waals surface area contributed by atoms with E-state index in [-0.39, 0.29) is 24.8 Å². The minimum atomic E-state index is 0. The molecule has 1 aliphatic rings. The molecule has 1 N–H and O–H groups in total. The molecule has 1 aromatic carbocycles. The molecule has 0 unspecified atom stereocenters. The van der Waals surface area contributed by atoms with Crippen LogP contribution in [0.4, 0.5) is 0 Å². The lowest BCUT2D eigenvalue weighted by Crippen LogP contribution is -2.45. The molecule has 0 amide bonds. The summed E-state index contributed by atoms with van der Waals surface area (Å²) in [5.41, 5.74) is 2.15. The summed E-state index contributed by atoms with van der Waals surface area (Å²) in [7, 11) is 0. The fourth-order valence-electron chi connectivity index (χ4n) is 3.26. The van der Waals surface area contributed by atoms with E-state index in [1.807, 2.05) is 12.1 Å². The van der Waals surface area contributed by atoms with Gasteiger partial charge in [0.05, 0.1) is 5.52 Å². The highest BCUT2D eigenvalue weighted by Gasteiger charge is 2.25. The molecule has 6 heteroatoms. The quantitative estimate of drug-likeness (QED) is 0.765. The maximum Gasteiger partial charge on any atom is 0.134 e.